The SMILES string of the molecule is CCCCCCOCC(C)CS(=O)(=O)Cl. The lowest BCUT2D eigenvalue weighted by atomic mass is 10.2. The Kier molecular flexibility index (Phi) is 8.47. The topological polar surface area (TPSA) is 43.4 Å². The molecule has 0 fully saturated rings. The Hall–Kier alpha value is 0.200. The summed E-state index contributed by atoms with van der Waals surface area (Å²) in [5.74, 6) is -0.0394. The molecule has 1 unspecified atom stereocenters. The molecule has 0 N–H and O–H groups in total. The summed E-state index contributed by atoms with van der Waals surface area (Å²) in [5.41, 5.74) is 0. The molecule has 0 aromatic heterocycles. The molecule has 0 saturated heterocycles. The van der Waals surface area contributed by atoms with Gasteiger partial charge in [0.15, 0.2) is 0 Å². The largest absolute Gasteiger partial charge is 0.381 e. The van der Waals surface area contributed by atoms with Crippen molar-refractivity contribution in [1.82, 2.24) is 0 Å². The first-order valence-corrected chi connectivity index (χ1v) is 7.93. The zero-order valence-corrected chi connectivity index (χ0v) is 11.1. The lowest BCUT2D eigenvalue weighted by Crippen LogP contribution is -2.15. The number of hydrogen-bond acceptors (Lipinski definition) is 3. The van der Waals surface area contributed by atoms with Gasteiger partial charge in [-0.3, -0.25) is 0 Å². The first-order valence-electron chi connectivity index (χ1n) is 5.45. The zero-order chi connectivity index (χ0) is 11.7. The molecule has 92 valence electrons. The monoisotopic (exact) mass is 256 g/mol. The molecule has 0 radical (unpaired) electrons. The van der Waals surface area contributed by atoms with Crippen LogP contribution in [0.2, 0.25) is 0 Å². The van der Waals surface area contributed by atoms with Crippen molar-refractivity contribution in [1.29, 1.82) is 0 Å². The molecule has 0 bridgehead atoms. The number of ether oxygens (including phenoxy) is 1. The summed E-state index contributed by atoms with van der Waals surface area (Å²) in [5, 5.41) is 0. The van der Waals surface area contributed by atoms with Crippen molar-refractivity contribution in [3.8, 4) is 0 Å². The summed E-state index contributed by atoms with van der Waals surface area (Å²) >= 11 is 0. The first-order chi connectivity index (χ1) is 6.95. The van der Waals surface area contributed by atoms with Crippen LogP contribution < -0.4 is 0 Å². The third kappa shape index (κ3) is 12.1. The van der Waals surface area contributed by atoms with Crippen LogP contribution in [-0.4, -0.2) is 27.4 Å². The highest BCUT2D eigenvalue weighted by Gasteiger charge is 2.12. The van der Waals surface area contributed by atoms with Crippen LogP contribution in [0.5, 0.6) is 0 Å². The van der Waals surface area contributed by atoms with Crippen LogP contribution in [0.1, 0.15) is 39.5 Å². The molecule has 3 nitrogen and oxygen atoms in total. The van der Waals surface area contributed by atoms with Crippen molar-refractivity contribution in [2.45, 2.75) is 39.5 Å². The lowest BCUT2D eigenvalue weighted by molar-refractivity contribution is 0.107. The highest BCUT2D eigenvalue weighted by molar-refractivity contribution is 8.13. The molecule has 0 heterocycles. The van der Waals surface area contributed by atoms with Gasteiger partial charge in [-0.2, -0.15) is 0 Å². The minimum atomic E-state index is -3.38. The molecule has 15 heavy (non-hydrogen) atoms. The summed E-state index contributed by atoms with van der Waals surface area (Å²) in [6.45, 7) is 5.17. The van der Waals surface area contributed by atoms with Crippen molar-refractivity contribution < 1.29 is 13.2 Å². The molecule has 0 aliphatic rings. The Balaban J connectivity index is 3.36. The highest BCUT2D eigenvalue weighted by atomic mass is 35.7. The van der Waals surface area contributed by atoms with Crippen molar-refractivity contribution in [3.05, 3.63) is 0 Å². The Bertz CT molecular complexity index is 239. The molecular formula is C10H21ClO3S. The van der Waals surface area contributed by atoms with Crippen molar-refractivity contribution >= 4 is 19.7 Å². The standard InChI is InChI=1S/C10H21ClO3S/c1-3-4-5-6-7-14-8-10(2)9-15(11,12)13/h10H,3-9H2,1-2H3. The van der Waals surface area contributed by atoms with E-state index in [9.17, 15) is 8.42 Å². The average Bonchev–Trinajstić information content (AvgIpc) is 2.08. The second-order valence-corrected chi connectivity index (χ2v) is 6.77. The second kappa shape index (κ2) is 8.36. The summed E-state index contributed by atoms with van der Waals surface area (Å²) in [4.78, 5) is 0. The van der Waals surface area contributed by atoms with Crippen molar-refractivity contribution in [2.75, 3.05) is 19.0 Å². The number of hydrogen-bond donors (Lipinski definition) is 0. The fourth-order valence-corrected chi connectivity index (χ4v) is 2.72. The summed E-state index contributed by atoms with van der Waals surface area (Å²) < 4.78 is 26.8. The molecule has 0 aliphatic carbocycles. The van der Waals surface area contributed by atoms with Gasteiger partial charge in [-0.05, 0) is 12.3 Å². The fraction of sp³-hybridized carbons (Fsp3) is 1.00. The van der Waals surface area contributed by atoms with Crippen molar-refractivity contribution in [2.24, 2.45) is 5.92 Å². The minimum Gasteiger partial charge on any atom is -0.381 e. The third-order valence-corrected chi connectivity index (χ3v) is 3.37. The van der Waals surface area contributed by atoms with Gasteiger partial charge in [-0.15, -0.1) is 0 Å². The van der Waals surface area contributed by atoms with Gasteiger partial charge in [-0.25, -0.2) is 8.42 Å². The van der Waals surface area contributed by atoms with Crippen LogP contribution in [0.4, 0.5) is 0 Å². The van der Waals surface area contributed by atoms with E-state index in [1.54, 1.807) is 0 Å². The van der Waals surface area contributed by atoms with Gasteiger partial charge in [0.1, 0.15) is 0 Å². The smallest absolute Gasteiger partial charge is 0.232 e. The van der Waals surface area contributed by atoms with Crippen molar-refractivity contribution in [3.63, 3.8) is 0 Å². The third-order valence-electron chi connectivity index (χ3n) is 2.03. The maximum absolute atomic E-state index is 10.7. The predicted octanol–water partition coefficient (Wildman–Crippen LogP) is 2.79. The van der Waals surface area contributed by atoms with E-state index in [1.807, 2.05) is 6.92 Å². The fourth-order valence-electron chi connectivity index (χ4n) is 1.30. The summed E-state index contributed by atoms with van der Waals surface area (Å²) in [7, 11) is 1.74. The maximum atomic E-state index is 10.7. The highest BCUT2D eigenvalue weighted by Crippen LogP contribution is 2.06. The molecule has 0 spiro atoms. The van der Waals surface area contributed by atoms with Crippen LogP contribution in [0.25, 0.3) is 0 Å². The van der Waals surface area contributed by atoms with Gasteiger partial charge in [0.25, 0.3) is 0 Å². The van der Waals surface area contributed by atoms with Crippen LogP contribution in [0.3, 0.4) is 0 Å². The molecule has 0 aromatic carbocycles. The molecule has 0 aliphatic heterocycles. The van der Waals surface area contributed by atoms with Gasteiger partial charge in [0.2, 0.25) is 9.05 Å². The van der Waals surface area contributed by atoms with E-state index in [4.69, 9.17) is 15.4 Å². The van der Waals surface area contributed by atoms with E-state index >= 15 is 0 Å². The van der Waals surface area contributed by atoms with Gasteiger partial charge in [0.05, 0.1) is 12.4 Å². The molecule has 0 amide bonds. The molecule has 1 atom stereocenters. The Morgan fingerprint density at radius 1 is 1.27 bits per heavy atom. The van der Waals surface area contributed by atoms with Gasteiger partial charge >= 0.3 is 0 Å². The Labute approximate surface area is 97.6 Å². The summed E-state index contributed by atoms with van der Waals surface area (Å²) in [6, 6.07) is 0. The second-order valence-electron chi connectivity index (χ2n) is 3.95. The van der Waals surface area contributed by atoms with Gasteiger partial charge in [0, 0.05) is 17.3 Å². The van der Waals surface area contributed by atoms with Crippen LogP contribution >= 0.6 is 10.7 Å². The Morgan fingerprint density at radius 2 is 1.93 bits per heavy atom. The van der Waals surface area contributed by atoms with E-state index in [0.29, 0.717) is 13.2 Å². The van der Waals surface area contributed by atoms with E-state index in [1.165, 1.54) is 19.3 Å². The van der Waals surface area contributed by atoms with Gasteiger partial charge < -0.3 is 4.74 Å². The molecule has 5 heteroatoms. The lowest BCUT2D eigenvalue weighted by Gasteiger charge is -2.09. The molecule has 0 rings (SSSR count). The number of halogens is 1. The molecule has 0 aromatic rings. The number of unbranched alkanes of at least 4 members (excludes halogenated alkanes) is 3. The quantitative estimate of drug-likeness (QED) is 0.471. The van der Waals surface area contributed by atoms with Gasteiger partial charge in [-0.1, -0.05) is 33.1 Å². The zero-order valence-electron chi connectivity index (χ0n) is 9.54. The normalized spacial score (nSPS) is 14.1. The van der Waals surface area contributed by atoms with Crippen LogP contribution in [0, 0.1) is 5.92 Å². The van der Waals surface area contributed by atoms with Crippen LogP contribution in [0.15, 0.2) is 0 Å². The van der Waals surface area contributed by atoms with E-state index in [-0.39, 0.29) is 11.7 Å². The maximum Gasteiger partial charge on any atom is 0.232 e. The van der Waals surface area contributed by atoms with E-state index in [2.05, 4.69) is 6.92 Å². The Morgan fingerprint density at radius 3 is 2.47 bits per heavy atom. The number of rotatable bonds is 9. The van der Waals surface area contributed by atoms with E-state index in [0.717, 1.165) is 6.42 Å². The van der Waals surface area contributed by atoms with Crippen LogP contribution in [-0.2, 0) is 13.8 Å². The average molecular weight is 257 g/mol. The predicted molar refractivity (Wildman–Crippen MR) is 63.8 cm³/mol. The van der Waals surface area contributed by atoms with E-state index < -0.39 is 9.05 Å². The molecule has 0 saturated carbocycles. The first kappa shape index (κ1) is 15.2. The minimum absolute atomic E-state index is 0.0104. The summed E-state index contributed by atoms with van der Waals surface area (Å²) in [6.07, 6.45) is 4.67. The molecular weight excluding hydrogens is 236 g/mol.